The van der Waals surface area contributed by atoms with Crippen molar-refractivity contribution >= 4 is 12.2 Å². The number of anilines is 1. The summed E-state index contributed by atoms with van der Waals surface area (Å²) in [6.07, 6.45) is 3.11. The molecule has 0 bridgehead atoms. The van der Waals surface area contributed by atoms with Gasteiger partial charge in [-0.05, 0) is 18.6 Å². The second-order valence-corrected chi connectivity index (χ2v) is 4.26. The van der Waals surface area contributed by atoms with Crippen LogP contribution in [0, 0.1) is 0 Å². The molecule has 0 saturated heterocycles. The van der Waals surface area contributed by atoms with E-state index in [1.165, 1.54) is 12.3 Å². The summed E-state index contributed by atoms with van der Waals surface area (Å²) in [5, 5.41) is 13.5. The van der Waals surface area contributed by atoms with Crippen molar-refractivity contribution in [3.63, 3.8) is 0 Å². The number of rotatable bonds is 5. The number of nitrogens with one attached hydrogen (secondary N) is 2. The Morgan fingerprint density at radius 2 is 2.25 bits per heavy atom. The Labute approximate surface area is 116 Å². The highest BCUT2D eigenvalue weighted by Gasteiger charge is 2.00. The van der Waals surface area contributed by atoms with Crippen LogP contribution < -0.4 is 11.0 Å². The zero-order valence-electron chi connectivity index (χ0n) is 11.1. The van der Waals surface area contributed by atoms with Gasteiger partial charge >= 0.3 is 0 Å². The van der Waals surface area contributed by atoms with E-state index in [0.29, 0.717) is 5.56 Å². The molecule has 0 fully saturated rings. The van der Waals surface area contributed by atoms with Gasteiger partial charge < -0.3 is 5.11 Å². The molecule has 1 heterocycles. The number of hydrazone groups is 1. The number of para-hydroxylation sites is 1. The highest BCUT2D eigenvalue weighted by atomic mass is 16.3. The van der Waals surface area contributed by atoms with E-state index in [1.54, 1.807) is 24.3 Å². The van der Waals surface area contributed by atoms with Crippen LogP contribution in [0.5, 0.6) is 5.75 Å². The Hall–Kier alpha value is -2.63. The standard InChI is InChI=1S/C14H16N4O2/c1-2-5-11-8-13(20)17-14(16-11)18-15-9-10-6-3-4-7-12(10)19/h3-4,6-9,19H,2,5H2,1H3,(H2,16,17,18,20)/b15-9+. The fourth-order valence-electron chi connectivity index (χ4n) is 1.70. The third-order valence-electron chi connectivity index (χ3n) is 2.61. The number of benzene rings is 1. The zero-order valence-corrected chi connectivity index (χ0v) is 11.1. The van der Waals surface area contributed by atoms with Crippen LogP contribution in [0.1, 0.15) is 24.6 Å². The van der Waals surface area contributed by atoms with Crippen LogP contribution in [0.2, 0.25) is 0 Å². The lowest BCUT2D eigenvalue weighted by molar-refractivity contribution is 0.474. The molecule has 0 amide bonds. The lowest BCUT2D eigenvalue weighted by atomic mass is 10.2. The molecule has 6 nitrogen and oxygen atoms in total. The molecule has 3 N–H and O–H groups in total. The molecule has 2 aromatic rings. The summed E-state index contributed by atoms with van der Waals surface area (Å²) in [7, 11) is 0. The number of H-pyrrole nitrogens is 1. The maximum atomic E-state index is 11.4. The number of phenols is 1. The van der Waals surface area contributed by atoms with E-state index < -0.39 is 0 Å². The summed E-state index contributed by atoms with van der Waals surface area (Å²) in [5.41, 5.74) is 3.73. The lowest BCUT2D eigenvalue weighted by Gasteiger charge is -2.02. The maximum absolute atomic E-state index is 11.4. The Balaban J connectivity index is 2.11. The average molecular weight is 272 g/mol. The molecular weight excluding hydrogens is 256 g/mol. The number of hydrogen-bond acceptors (Lipinski definition) is 5. The van der Waals surface area contributed by atoms with Gasteiger partial charge in [0.05, 0.1) is 6.21 Å². The minimum atomic E-state index is -0.219. The van der Waals surface area contributed by atoms with Crippen molar-refractivity contribution in [1.82, 2.24) is 9.97 Å². The first kappa shape index (κ1) is 13.8. The van der Waals surface area contributed by atoms with E-state index in [1.807, 2.05) is 6.92 Å². The predicted octanol–water partition coefficient (Wildman–Crippen LogP) is 1.87. The van der Waals surface area contributed by atoms with Crippen LogP contribution in [0.4, 0.5) is 5.95 Å². The number of hydrogen-bond donors (Lipinski definition) is 3. The Kier molecular flexibility index (Phi) is 4.49. The molecule has 1 aromatic heterocycles. The van der Waals surface area contributed by atoms with Crippen molar-refractivity contribution in [2.45, 2.75) is 19.8 Å². The quantitative estimate of drug-likeness (QED) is 0.572. The number of aromatic hydroxyl groups is 1. The minimum Gasteiger partial charge on any atom is -0.507 e. The molecule has 0 aliphatic rings. The van der Waals surface area contributed by atoms with E-state index in [9.17, 15) is 9.90 Å². The third-order valence-corrected chi connectivity index (χ3v) is 2.61. The largest absolute Gasteiger partial charge is 0.507 e. The summed E-state index contributed by atoms with van der Waals surface area (Å²) >= 11 is 0. The van der Waals surface area contributed by atoms with Crippen LogP contribution in [0.25, 0.3) is 0 Å². The van der Waals surface area contributed by atoms with Gasteiger partial charge in [0, 0.05) is 17.3 Å². The van der Waals surface area contributed by atoms with Crippen LogP contribution in [-0.2, 0) is 6.42 Å². The molecule has 104 valence electrons. The van der Waals surface area contributed by atoms with Gasteiger partial charge in [-0.3, -0.25) is 9.78 Å². The summed E-state index contributed by atoms with van der Waals surface area (Å²) in [6, 6.07) is 8.30. The molecule has 6 heteroatoms. The van der Waals surface area contributed by atoms with Gasteiger partial charge in [0.25, 0.3) is 5.56 Å². The first-order valence-electron chi connectivity index (χ1n) is 6.36. The second kappa shape index (κ2) is 6.51. The maximum Gasteiger partial charge on any atom is 0.252 e. The first-order chi connectivity index (χ1) is 9.69. The molecule has 2 rings (SSSR count). The third kappa shape index (κ3) is 3.68. The van der Waals surface area contributed by atoms with Gasteiger partial charge in [-0.2, -0.15) is 5.10 Å². The van der Waals surface area contributed by atoms with Crippen LogP contribution in [0.15, 0.2) is 40.2 Å². The monoisotopic (exact) mass is 272 g/mol. The van der Waals surface area contributed by atoms with Crippen LogP contribution >= 0.6 is 0 Å². The van der Waals surface area contributed by atoms with Gasteiger partial charge in [0.15, 0.2) is 0 Å². The Morgan fingerprint density at radius 1 is 1.45 bits per heavy atom. The number of phenolic OH excluding ortho intramolecular Hbond substituents is 1. The van der Waals surface area contributed by atoms with Crippen molar-refractivity contribution in [2.24, 2.45) is 5.10 Å². The number of aromatic amines is 1. The summed E-state index contributed by atoms with van der Waals surface area (Å²) in [5.74, 6) is 0.423. The SMILES string of the molecule is CCCc1cc(=O)[nH]c(N/N=C/c2ccccc2O)n1. The Morgan fingerprint density at radius 3 is 3.00 bits per heavy atom. The molecule has 0 aliphatic heterocycles. The number of aromatic nitrogens is 2. The van der Waals surface area contributed by atoms with Crippen molar-refractivity contribution < 1.29 is 5.11 Å². The fourth-order valence-corrected chi connectivity index (χ4v) is 1.70. The van der Waals surface area contributed by atoms with Crippen molar-refractivity contribution in [2.75, 3.05) is 5.43 Å². The lowest BCUT2D eigenvalue weighted by Crippen LogP contribution is -2.11. The molecule has 0 aliphatic carbocycles. The first-order valence-corrected chi connectivity index (χ1v) is 6.36. The molecule has 0 saturated carbocycles. The van der Waals surface area contributed by atoms with Crippen molar-refractivity contribution in [1.29, 1.82) is 0 Å². The molecular formula is C14H16N4O2. The van der Waals surface area contributed by atoms with Gasteiger partial charge in [-0.25, -0.2) is 10.4 Å². The molecule has 0 spiro atoms. The van der Waals surface area contributed by atoms with E-state index in [-0.39, 0.29) is 17.3 Å². The summed E-state index contributed by atoms with van der Waals surface area (Å²) in [6.45, 7) is 2.02. The summed E-state index contributed by atoms with van der Waals surface area (Å²) < 4.78 is 0. The average Bonchev–Trinajstić information content (AvgIpc) is 2.41. The second-order valence-electron chi connectivity index (χ2n) is 4.26. The molecule has 0 atom stereocenters. The van der Waals surface area contributed by atoms with Crippen LogP contribution in [0.3, 0.4) is 0 Å². The fraction of sp³-hybridized carbons (Fsp3) is 0.214. The highest BCUT2D eigenvalue weighted by molar-refractivity contribution is 5.83. The van der Waals surface area contributed by atoms with E-state index in [4.69, 9.17) is 0 Å². The molecule has 0 unspecified atom stereocenters. The van der Waals surface area contributed by atoms with E-state index in [2.05, 4.69) is 20.5 Å². The molecule has 20 heavy (non-hydrogen) atoms. The van der Waals surface area contributed by atoms with Crippen molar-refractivity contribution in [3.8, 4) is 5.75 Å². The van der Waals surface area contributed by atoms with Gasteiger partial charge in [0.2, 0.25) is 5.95 Å². The predicted molar refractivity (Wildman–Crippen MR) is 78.2 cm³/mol. The van der Waals surface area contributed by atoms with Gasteiger partial charge in [0.1, 0.15) is 5.75 Å². The van der Waals surface area contributed by atoms with Gasteiger partial charge in [-0.1, -0.05) is 25.5 Å². The summed E-state index contributed by atoms with van der Waals surface area (Å²) in [4.78, 5) is 18.2. The topological polar surface area (TPSA) is 90.4 Å². The zero-order chi connectivity index (χ0) is 14.4. The number of nitrogens with zero attached hydrogens (tertiary/aromatic N) is 2. The minimum absolute atomic E-state index is 0.138. The smallest absolute Gasteiger partial charge is 0.252 e. The molecule has 1 aromatic carbocycles. The van der Waals surface area contributed by atoms with E-state index in [0.717, 1.165) is 18.5 Å². The van der Waals surface area contributed by atoms with E-state index >= 15 is 0 Å². The van der Waals surface area contributed by atoms with Crippen molar-refractivity contribution in [3.05, 3.63) is 51.9 Å². The Bertz CT molecular complexity index is 664. The van der Waals surface area contributed by atoms with Gasteiger partial charge in [-0.15, -0.1) is 0 Å². The number of aryl methyl sites for hydroxylation is 1. The highest BCUT2D eigenvalue weighted by Crippen LogP contribution is 2.12. The molecule has 0 radical (unpaired) electrons. The van der Waals surface area contributed by atoms with Crippen LogP contribution in [-0.4, -0.2) is 21.3 Å². The normalized spacial score (nSPS) is 10.8.